The summed E-state index contributed by atoms with van der Waals surface area (Å²) in [6.45, 7) is 2.96. The zero-order valence-corrected chi connectivity index (χ0v) is 15.5. The van der Waals surface area contributed by atoms with Crippen LogP contribution in [0.5, 0.6) is 0 Å². The number of hydrogen-bond acceptors (Lipinski definition) is 2. The van der Waals surface area contributed by atoms with E-state index in [2.05, 4.69) is 5.32 Å². The van der Waals surface area contributed by atoms with Gasteiger partial charge in [0.1, 0.15) is 18.2 Å². The van der Waals surface area contributed by atoms with Gasteiger partial charge in [0, 0.05) is 12.6 Å². The Morgan fingerprint density at radius 1 is 1.30 bits per heavy atom. The third-order valence-electron chi connectivity index (χ3n) is 4.85. The molecule has 0 heterocycles. The molecule has 3 nitrogen and oxygen atoms in total. The van der Waals surface area contributed by atoms with Crippen LogP contribution in [0.25, 0.3) is 0 Å². The van der Waals surface area contributed by atoms with Crippen LogP contribution in [0.2, 0.25) is 0 Å². The Labute approximate surface area is 156 Å². The highest BCUT2D eigenvalue weighted by molar-refractivity contribution is 5.78. The highest BCUT2D eigenvalue weighted by Gasteiger charge is 2.43. The molecule has 0 aromatic heterocycles. The van der Waals surface area contributed by atoms with E-state index in [0.29, 0.717) is 12.0 Å². The summed E-state index contributed by atoms with van der Waals surface area (Å²) in [6.07, 6.45) is -1.03. The van der Waals surface area contributed by atoms with E-state index in [4.69, 9.17) is 4.74 Å². The number of halogens is 4. The molecule has 27 heavy (non-hydrogen) atoms. The number of likely N-dealkylation sites (N-methyl/N-ethyl adjacent to an activating group) is 1. The summed E-state index contributed by atoms with van der Waals surface area (Å²) >= 11 is 0. The van der Waals surface area contributed by atoms with Crippen LogP contribution in [0.15, 0.2) is 41.7 Å². The zero-order valence-electron chi connectivity index (χ0n) is 15.5. The molecule has 1 amide bonds. The van der Waals surface area contributed by atoms with Crippen molar-refractivity contribution in [2.45, 2.75) is 39.5 Å². The van der Waals surface area contributed by atoms with Gasteiger partial charge in [0.15, 0.2) is 0 Å². The summed E-state index contributed by atoms with van der Waals surface area (Å²) in [7, 11) is 1.45. The van der Waals surface area contributed by atoms with Gasteiger partial charge in [0.25, 0.3) is 0 Å². The van der Waals surface area contributed by atoms with E-state index in [9.17, 15) is 22.4 Å². The maximum atomic E-state index is 14.2. The summed E-state index contributed by atoms with van der Waals surface area (Å²) in [6, 6.07) is 4.20. The lowest BCUT2D eigenvalue weighted by atomic mass is 9.81. The minimum absolute atomic E-state index is 0.0776. The molecule has 1 aromatic carbocycles. The van der Waals surface area contributed by atoms with Crippen LogP contribution in [0.3, 0.4) is 0 Å². The second-order valence-corrected chi connectivity index (χ2v) is 6.51. The van der Waals surface area contributed by atoms with E-state index < -0.39 is 23.5 Å². The molecule has 0 spiro atoms. The van der Waals surface area contributed by atoms with Crippen LogP contribution >= 0.6 is 0 Å². The molecule has 7 heteroatoms. The standard InChI is InChI=1S/C20H23F4NO2/c1-4-13-8-9-17(19(12(13)2)20(22,23)24)27-11-15-14(10-18(26)25-3)6-5-7-16(15)21/h5-9,12-13H,4,10-11H2,1-3H3,(H,25,26). The zero-order chi connectivity index (χ0) is 20.2. The van der Waals surface area contributed by atoms with E-state index in [1.165, 1.54) is 32.2 Å². The molecule has 0 saturated heterocycles. The van der Waals surface area contributed by atoms with Crippen LogP contribution in [-0.2, 0) is 22.6 Å². The van der Waals surface area contributed by atoms with Crippen molar-refractivity contribution >= 4 is 5.91 Å². The van der Waals surface area contributed by atoms with Gasteiger partial charge in [-0.3, -0.25) is 4.79 Å². The molecule has 2 unspecified atom stereocenters. The number of amides is 1. The smallest absolute Gasteiger partial charge is 0.416 e. The molecule has 1 aliphatic rings. The van der Waals surface area contributed by atoms with Crippen molar-refractivity contribution in [3.05, 3.63) is 58.6 Å². The predicted octanol–water partition coefficient (Wildman–Crippen LogP) is 4.68. The van der Waals surface area contributed by atoms with E-state index in [1.54, 1.807) is 12.1 Å². The summed E-state index contributed by atoms with van der Waals surface area (Å²) in [5.41, 5.74) is -0.280. The van der Waals surface area contributed by atoms with Crippen molar-refractivity contribution in [1.82, 2.24) is 5.32 Å². The third-order valence-corrected chi connectivity index (χ3v) is 4.85. The molecule has 0 saturated carbocycles. The first kappa shape index (κ1) is 21.0. The van der Waals surface area contributed by atoms with Gasteiger partial charge in [-0.25, -0.2) is 4.39 Å². The molecule has 2 rings (SSSR count). The van der Waals surface area contributed by atoms with Crippen LogP contribution in [-0.4, -0.2) is 19.1 Å². The van der Waals surface area contributed by atoms with Crippen LogP contribution < -0.4 is 5.32 Å². The predicted molar refractivity (Wildman–Crippen MR) is 94.1 cm³/mol. The van der Waals surface area contributed by atoms with Gasteiger partial charge in [0.2, 0.25) is 5.91 Å². The number of carbonyl (C=O) groups excluding carboxylic acids is 1. The van der Waals surface area contributed by atoms with E-state index >= 15 is 0 Å². The normalized spacial score (nSPS) is 20.0. The van der Waals surface area contributed by atoms with Crippen molar-refractivity contribution < 1.29 is 27.1 Å². The molecule has 0 aliphatic heterocycles. The minimum Gasteiger partial charge on any atom is -0.488 e. The average Bonchev–Trinajstić information content (AvgIpc) is 2.60. The largest absolute Gasteiger partial charge is 0.488 e. The second-order valence-electron chi connectivity index (χ2n) is 6.51. The maximum absolute atomic E-state index is 14.2. The Bertz CT molecular complexity index is 753. The molecule has 1 aromatic rings. The van der Waals surface area contributed by atoms with Gasteiger partial charge in [-0.05, 0) is 36.0 Å². The topological polar surface area (TPSA) is 38.3 Å². The first-order chi connectivity index (χ1) is 12.7. The lowest BCUT2D eigenvalue weighted by Gasteiger charge is -2.30. The molecule has 1 aliphatic carbocycles. The Morgan fingerprint density at radius 3 is 2.59 bits per heavy atom. The fourth-order valence-electron chi connectivity index (χ4n) is 3.26. The third kappa shape index (κ3) is 4.90. The van der Waals surface area contributed by atoms with Gasteiger partial charge in [-0.1, -0.05) is 32.1 Å². The van der Waals surface area contributed by atoms with Crippen LogP contribution in [0.1, 0.15) is 31.4 Å². The van der Waals surface area contributed by atoms with Gasteiger partial charge < -0.3 is 10.1 Å². The summed E-state index contributed by atoms with van der Waals surface area (Å²) in [5, 5.41) is 2.44. The number of carbonyl (C=O) groups is 1. The van der Waals surface area contributed by atoms with Crippen molar-refractivity contribution in [2.24, 2.45) is 11.8 Å². The fraction of sp³-hybridized carbons (Fsp3) is 0.450. The van der Waals surface area contributed by atoms with Crippen molar-refractivity contribution in [1.29, 1.82) is 0 Å². The fourth-order valence-corrected chi connectivity index (χ4v) is 3.26. The molecule has 2 atom stereocenters. The monoisotopic (exact) mass is 385 g/mol. The SMILES string of the molecule is CCC1C=CC(OCc2c(F)cccc2CC(=O)NC)=C(C(F)(F)F)C1C. The number of nitrogens with one attached hydrogen (secondary N) is 1. The molecule has 0 bridgehead atoms. The number of benzene rings is 1. The minimum atomic E-state index is -4.53. The highest BCUT2D eigenvalue weighted by atomic mass is 19.4. The Hall–Kier alpha value is -2.31. The van der Waals surface area contributed by atoms with E-state index in [-0.39, 0.29) is 36.2 Å². The number of alkyl halides is 3. The van der Waals surface area contributed by atoms with E-state index in [1.807, 2.05) is 6.92 Å². The second kappa shape index (κ2) is 8.59. The van der Waals surface area contributed by atoms with Gasteiger partial charge in [-0.15, -0.1) is 0 Å². The van der Waals surface area contributed by atoms with Crippen molar-refractivity contribution in [2.75, 3.05) is 7.05 Å². The van der Waals surface area contributed by atoms with Crippen LogP contribution in [0, 0.1) is 17.7 Å². The highest BCUT2D eigenvalue weighted by Crippen LogP contribution is 2.42. The molecule has 1 N–H and O–H groups in total. The van der Waals surface area contributed by atoms with E-state index in [0.717, 1.165) is 0 Å². The van der Waals surface area contributed by atoms with Crippen molar-refractivity contribution in [3.63, 3.8) is 0 Å². The number of ether oxygens (including phenoxy) is 1. The molecule has 148 valence electrons. The van der Waals surface area contributed by atoms with Crippen LogP contribution in [0.4, 0.5) is 17.6 Å². The lowest BCUT2D eigenvalue weighted by molar-refractivity contribution is -0.120. The first-order valence-corrected chi connectivity index (χ1v) is 8.78. The summed E-state index contributed by atoms with van der Waals surface area (Å²) in [4.78, 5) is 11.6. The number of rotatable bonds is 6. The van der Waals surface area contributed by atoms with Gasteiger partial charge >= 0.3 is 6.18 Å². The lowest BCUT2D eigenvalue weighted by Crippen LogP contribution is -2.27. The number of allylic oxidation sites excluding steroid dienone is 3. The molecule has 0 radical (unpaired) electrons. The maximum Gasteiger partial charge on any atom is 0.416 e. The Morgan fingerprint density at radius 2 is 2.00 bits per heavy atom. The Balaban J connectivity index is 2.32. The summed E-state index contributed by atoms with van der Waals surface area (Å²) in [5.74, 6) is -2.22. The summed E-state index contributed by atoms with van der Waals surface area (Å²) < 4.78 is 60.3. The van der Waals surface area contributed by atoms with Crippen molar-refractivity contribution in [3.8, 4) is 0 Å². The van der Waals surface area contributed by atoms with Gasteiger partial charge in [0.05, 0.1) is 12.0 Å². The quantitative estimate of drug-likeness (QED) is 0.722. The Kier molecular flexibility index (Phi) is 6.68. The average molecular weight is 385 g/mol. The van der Waals surface area contributed by atoms with Gasteiger partial charge in [-0.2, -0.15) is 13.2 Å². The number of hydrogen-bond donors (Lipinski definition) is 1. The molecule has 0 fully saturated rings. The molecular weight excluding hydrogens is 362 g/mol. The molecular formula is C20H23F4NO2. The first-order valence-electron chi connectivity index (χ1n) is 8.78.